The third-order valence-corrected chi connectivity index (χ3v) is 5.26. The number of rotatable bonds is 5. The normalized spacial score (nSPS) is 17.6. The number of benzene rings is 3. The van der Waals surface area contributed by atoms with Gasteiger partial charge in [-0.25, -0.2) is 0 Å². The summed E-state index contributed by atoms with van der Waals surface area (Å²) in [5.74, 6) is -0.690. The highest BCUT2D eigenvalue weighted by Crippen LogP contribution is 2.45. The quantitative estimate of drug-likeness (QED) is 0.381. The van der Waals surface area contributed by atoms with Gasteiger partial charge in [-0.05, 0) is 18.2 Å². The van der Waals surface area contributed by atoms with Crippen molar-refractivity contribution in [2.45, 2.75) is 6.04 Å². The topological polar surface area (TPSA) is 76.1 Å². The summed E-state index contributed by atoms with van der Waals surface area (Å²) >= 11 is 0. The molecule has 0 bridgehead atoms. The van der Waals surface area contributed by atoms with Gasteiger partial charge in [0.15, 0.2) is 0 Å². The van der Waals surface area contributed by atoms with Crippen LogP contribution in [0, 0.1) is 0 Å². The number of hydrogen-bond donors (Lipinski definition) is 1. The van der Waals surface area contributed by atoms with E-state index in [0.29, 0.717) is 28.3 Å². The van der Waals surface area contributed by atoms with Crippen molar-refractivity contribution in [1.29, 1.82) is 0 Å². The number of aliphatic hydroxyl groups is 1. The second kappa shape index (κ2) is 8.36. The van der Waals surface area contributed by atoms with Crippen molar-refractivity contribution in [3.05, 3.63) is 95.6 Å². The van der Waals surface area contributed by atoms with Crippen molar-refractivity contribution >= 4 is 23.1 Å². The predicted octanol–water partition coefficient (Wildman–Crippen LogP) is 4.33. The van der Waals surface area contributed by atoms with Gasteiger partial charge in [-0.15, -0.1) is 0 Å². The summed E-state index contributed by atoms with van der Waals surface area (Å²) in [6, 6.07) is 21.8. The monoisotopic (exact) mass is 415 g/mol. The maximum atomic E-state index is 13.2. The highest BCUT2D eigenvalue weighted by atomic mass is 16.5. The zero-order valence-electron chi connectivity index (χ0n) is 17.1. The van der Waals surface area contributed by atoms with Gasteiger partial charge in [0, 0.05) is 22.9 Å². The van der Waals surface area contributed by atoms with Gasteiger partial charge in [0.05, 0.1) is 25.8 Å². The average Bonchev–Trinajstić information content (AvgIpc) is 3.09. The minimum atomic E-state index is -0.872. The lowest BCUT2D eigenvalue weighted by atomic mass is 9.94. The standard InChI is InChI=1S/C25H21NO5/c1-30-18-12-8-11-17(15-18)26-22(19-13-6-7-14-20(19)31-2)21(24(28)25(26)29)23(27)16-9-4-3-5-10-16/h3-15,22,27H,1-2H3/b23-21+. The van der Waals surface area contributed by atoms with E-state index in [4.69, 9.17) is 9.47 Å². The number of carbonyl (C=O) groups is 2. The third kappa shape index (κ3) is 3.53. The molecule has 1 heterocycles. The maximum Gasteiger partial charge on any atom is 0.300 e. The van der Waals surface area contributed by atoms with Crippen LogP contribution in [-0.4, -0.2) is 31.0 Å². The molecule has 4 rings (SSSR count). The molecule has 3 aromatic carbocycles. The fourth-order valence-electron chi connectivity index (χ4n) is 3.80. The molecule has 1 saturated heterocycles. The largest absolute Gasteiger partial charge is 0.507 e. The SMILES string of the molecule is COc1cccc(N2C(=O)C(=O)/C(=C(/O)c3ccccc3)C2c2ccccc2OC)c1. The zero-order valence-corrected chi connectivity index (χ0v) is 17.1. The predicted molar refractivity (Wildman–Crippen MR) is 117 cm³/mol. The second-order valence-electron chi connectivity index (χ2n) is 6.98. The van der Waals surface area contributed by atoms with Gasteiger partial charge in [0.2, 0.25) is 0 Å². The Kier molecular flexibility index (Phi) is 5.45. The molecule has 0 radical (unpaired) electrons. The van der Waals surface area contributed by atoms with Crippen LogP contribution in [0.25, 0.3) is 5.76 Å². The van der Waals surface area contributed by atoms with Crippen molar-refractivity contribution in [2.75, 3.05) is 19.1 Å². The number of hydrogen-bond acceptors (Lipinski definition) is 5. The van der Waals surface area contributed by atoms with Crippen LogP contribution in [0.15, 0.2) is 84.4 Å². The van der Waals surface area contributed by atoms with E-state index in [2.05, 4.69) is 0 Å². The van der Waals surface area contributed by atoms with E-state index in [1.54, 1.807) is 72.8 Å². The summed E-state index contributed by atoms with van der Waals surface area (Å²) < 4.78 is 10.8. The van der Waals surface area contributed by atoms with Crippen molar-refractivity contribution < 1.29 is 24.2 Å². The van der Waals surface area contributed by atoms with Gasteiger partial charge in [0.1, 0.15) is 17.3 Å². The van der Waals surface area contributed by atoms with Crippen LogP contribution in [0.5, 0.6) is 11.5 Å². The summed E-state index contributed by atoms with van der Waals surface area (Å²) in [4.78, 5) is 27.7. The molecule has 6 nitrogen and oxygen atoms in total. The van der Waals surface area contributed by atoms with Crippen molar-refractivity contribution in [2.24, 2.45) is 0 Å². The molecule has 1 N–H and O–H groups in total. The highest BCUT2D eigenvalue weighted by Gasteiger charge is 2.48. The van der Waals surface area contributed by atoms with E-state index in [9.17, 15) is 14.7 Å². The first-order valence-corrected chi connectivity index (χ1v) is 9.70. The van der Waals surface area contributed by atoms with E-state index in [-0.39, 0.29) is 11.3 Å². The molecule has 6 heteroatoms. The Balaban J connectivity index is 1.99. The molecule has 1 aliphatic rings. The molecule has 1 atom stereocenters. The Morgan fingerprint density at radius 3 is 2.29 bits per heavy atom. The molecule has 0 aliphatic carbocycles. The molecule has 0 aromatic heterocycles. The Hall–Kier alpha value is -4.06. The van der Waals surface area contributed by atoms with Crippen molar-refractivity contribution in [1.82, 2.24) is 0 Å². The average molecular weight is 415 g/mol. The van der Waals surface area contributed by atoms with Gasteiger partial charge < -0.3 is 14.6 Å². The van der Waals surface area contributed by atoms with E-state index in [1.165, 1.54) is 19.1 Å². The molecule has 1 fully saturated rings. The molecule has 31 heavy (non-hydrogen) atoms. The summed E-state index contributed by atoms with van der Waals surface area (Å²) in [6.07, 6.45) is 0. The summed E-state index contributed by atoms with van der Waals surface area (Å²) in [5.41, 5.74) is 1.52. The lowest BCUT2D eigenvalue weighted by Gasteiger charge is -2.26. The highest BCUT2D eigenvalue weighted by molar-refractivity contribution is 6.51. The van der Waals surface area contributed by atoms with E-state index >= 15 is 0 Å². The smallest absolute Gasteiger partial charge is 0.300 e. The van der Waals surface area contributed by atoms with E-state index in [1.807, 2.05) is 6.07 Å². The number of methoxy groups -OCH3 is 2. The number of nitrogens with zero attached hydrogens (tertiary/aromatic N) is 1. The summed E-state index contributed by atoms with van der Waals surface area (Å²) in [5, 5.41) is 11.1. The fraction of sp³-hybridized carbons (Fsp3) is 0.120. The number of amides is 1. The molecule has 0 spiro atoms. The number of para-hydroxylation sites is 1. The van der Waals surface area contributed by atoms with Crippen LogP contribution in [0.2, 0.25) is 0 Å². The number of carbonyl (C=O) groups excluding carboxylic acids is 2. The Morgan fingerprint density at radius 1 is 0.871 bits per heavy atom. The first-order chi connectivity index (χ1) is 15.1. The fourth-order valence-corrected chi connectivity index (χ4v) is 3.80. The summed E-state index contributed by atoms with van der Waals surface area (Å²) in [7, 11) is 3.05. The van der Waals surface area contributed by atoms with Crippen LogP contribution in [0.4, 0.5) is 5.69 Å². The van der Waals surface area contributed by atoms with E-state index in [0.717, 1.165) is 0 Å². The maximum absolute atomic E-state index is 13.2. The van der Waals surface area contributed by atoms with Gasteiger partial charge in [-0.2, -0.15) is 0 Å². The third-order valence-electron chi connectivity index (χ3n) is 5.26. The van der Waals surface area contributed by atoms with E-state index < -0.39 is 17.7 Å². The van der Waals surface area contributed by atoms with Crippen LogP contribution in [0.3, 0.4) is 0 Å². The zero-order chi connectivity index (χ0) is 22.0. The number of anilines is 1. The van der Waals surface area contributed by atoms with Crippen molar-refractivity contribution in [3.63, 3.8) is 0 Å². The molecular formula is C25H21NO5. The minimum absolute atomic E-state index is 0.00326. The Bertz CT molecular complexity index is 1170. The van der Waals surface area contributed by atoms with Crippen molar-refractivity contribution in [3.8, 4) is 11.5 Å². The van der Waals surface area contributed by atoms with Crippen LogP contribution in [-0.2, 0) is 9.59 Å². The van der Waals surface area contributed by atoms with Crippen LogP contribution < -0.4 is 14.4 Å². The Labute approximate surface area is 180 Å². The number of aliphatic hydroxyl groups excluding tert-OH is 1. The molecule has 1 amide bonds. The molecule has 3 aromatic rings. The van der Waals surface area contributed by atoms with Crippen LogP contribution in [0.1, 0.15) is 17.2 Å². The number of Topliss-reactive ketones (excluding diaryl/α,β-unsaturated/α-hetero) is 1. The molecule has 156 valence electrons. The van der Waals surface area contributed by atoms with Gasteiger partial charge >= 0.3 is 0 Å². The molecule has 1 unspecified atom stereocenters. The van der Waals surface area contributed by atoms with Gasteiger partial charge in [-0.3, -0.25) is 14.5 Å². The first-order valence-electron chi connectivity index (χ1n) is 9.70. The van der Waals surface area contributed by atoms with Gasteiger partial charge in [-0.1, -0.05) is 54.6 Å². The number of ketones is 1. The number of ether oxygens (including phenoxy) is 2. The second-order valence-corrected chi connectivity index (χ2v) is 6.98. The molecular weight excluding hydrogens is 394 g/mol. The minimum Gasteiger partial charge on any atom is -0.507 e. The Morgan fingerprint density at radius 2 is 1.58 bits per heavy atom. The summed E-state index contributed by atoms with van der Waals surface area (Å²) in [6.45, 7) is 0. The molecule has 0 saturated carbocycles. The lowest BCUT2D eigenvalue weighted by molar-refractivity contribution is -0.132. The van der Waals surface area contributed by atoms with Gasteiger partial charge in [0.25, 0.3) is 11.7 Å². The first kappa shape index (κ1) is 20.2. The van der Waals surface area contributed by atoms with Crippen LogP contribution >= 0.6 is 0 Å². The lowest BCUT2D eigenvalue weighted by Crippen LogP contribution is -2.29. The molecule has 1 aliphatic heterocycles.